The van der Waals surface area contributed by atoms with Crippen molar-refractivity contribution >= 4 is 27.6 Å². The first-order valence-electron chi connectivity index (χ1n) is 8.64. The molecule has 0 saturated heterocycles. The Morgan fingerprint density at radius 1 is 1.04 bits per heavy atom. The second-order valence-electron chi connectivity index (χ2n) is 6.12. The number of nitrogens with one attached hydrogen (secondary N) is 1. The first kappa shape index (κ1) is 19.5. The van der Waals surface area contributed by atoms with E-state index in [0.29, 0.717) is 24.2 Å². The molecule has 0 aliphatic rings. The Kier molecular flexibility index (Phi) is 6.00. The number of benzene rings is 2. The lowest BCUT2D eigenvalue weighted by Gasteiger charge is -2.14. The van der Waals surface area contributed by atoms with Gasteiger partial charge in [-0.1, -0.05) is 36.4 Å². The summed E-state index contributed by atoms with van der Waals surface area (Å²) in [6, 6.07) is 17.2. The highest BCUT2D eigenvalue weighted by Gasteiger charge is 2.12. The molecule has 0 aliphatic carbocycles. The molecule has 28 heavy (non-hydrogen) atoms. The van der Waals surface area contributed by atoms with Crippen molar-refractivity contribution < 1.29 is 13.2 Å². The molecule has 144 valence electrons. The van der Waals surface area contributed by atoms with Crippen molar-refractivity contribution in [3.63, 3.8) is 0 Å². The summed E-state index contributed by atoms with van der Waals surface area (Å²) in [5, 5.41) is 2.76. The maximum atomic E-state index is 12.4. The Balaban J connectivity index is 1.60. The largest absolute Gasteiger partial charge is 0.366 e. The Morgan fingerprint density at radius 2 is 1.75 bits per heavy atom. The Bertz CT molecular complexity index is 1050. The number of carbonyl (C=O) groups excluding carboxylic acids is 1. The van der Waals surface area contributed by atoms with Crippen LogP contribution in [0, 0.1) is 6.92 Å². The average molecular weight is 395 g/mol. The molecule has 0 atom stereocenters. The van der Waals surface area contributed by atoms with Crippen LogP contribution in [0.2, 0.25) is 0 Å². The molecule has 0 aliphatic heterocycles. The monoisotopic (exact) mass is 395 g/mol. The van der Waals surface area contributed by atoms with Crippen molar-refractivity contribution in [1.82, 2.24) is 9.97 Å². The molecular weight excluding hydrogens is 376 g/mol. The van der Waals surface area contributed by atoms with Crippen LogP contribution in [-0.4, -0.2) is 24.3 Å². The summed E-state index contributed by atoms with van der Waals surface area (Å²) >= 11 is 0. The molecule has 0 unspecified atom stereocenters. The second kappa shape index (κ2) is 8.62. The number of hydrogen-bond donors (Lipinski definition) is 1. The normalized spacial score (nSPS) is 11.0. The molecule has 1 heterocycles. The highest BCUT2D eigenvalue weighted by Crippen LogP contribution is 2.25. The third-order valence-corrected chi connectivity index (χ3v) is 5.17. The molecule has 0 saturated carbocycles. The SMILES string of the molecule is Cc1ccnc([N-]S(=O)(=O)c2ccc(NC(=O)CCc3ccccc3)cc2)n1. The smallest absolute Gasteiger partial charge is 0.229 e. The highest BCUT2D eigenvalue weighted by molar-refractivity contribution is 7.94. The number of carbonyl (C=O) groups is 1. The molecule has 7 nitrogen and oxygen atoms in total. The zero-order valence-corrected chi connectivity index (χ0v) is 16.1. The molecule has 0 bridgehead atoms. The van der Waals surface area contributed by atoms with Gasteiger partial charge in [0, 0.05) is 18.1 Å². The van der Waals surface area contributed by atoms with Gasteiger partial charge in [-0.2, -0.15) is 0 Å². The van der Waals surface area contributed by atoms with Gasteiger partial charge >= 0.3 is 0 Å². The van der Waals surface area contributed by atoms with Crippen molar-refractivity contribution in [2.75, 3.05) is 5.32 Å². The van der Waals surface area contributed by atoms with E-state index >= 15 is 0 Å². The molecule has 8 heteroatoms. The maximum Gasteiger partial charge on any atom is 0.229 e. The van der Waals surface area contributed by atoms with Gasteiger partial charge in [-0.15, -0.1) is 0 Å². The van der Waals surface area contributed by atoms with Crippen LogP contribution in [0.5, 0.6) is 0 Å². The lowest BCUT2D eigenvalue weighted by molar-refractivity contribution is -0.116. The zero-order chi connectivity index (χ0) is 20.0. The van der Waals surface area contributed by atoms with Gasteiger partial charge in [0.15, 0.2) is 0 Å². The van der Waals surface area contributed by atoms with Gasteiger partial charge in [-0.05, 0) is 55.1 Å². The predicted octanol–water partition coefficient (Wildman–Crippen LogP) is 3.75. The van der Waals surface area contributed by atoms with Gasteiger partial charge in [0.05, 0.1) is 4.90 Å². The van der Waals surface area contributed by atoms with E-state index in [2.05, 4.69) is 20.0 Å². The standard InChI is InChI=1S/C20H20N4O3S/c1-15-13-14-21-20(22-15)24-28(26,27)18-10-8-17(9-11-18)23-19(25)12-7-16-5-3-2-4-6-16/h2-6,8-11,13-14H,7,12H2,1H3,(H2,21,22,23,24,25)/p-1. The van der Waals surface area contributed by atoms with Crippen LogP contribution in [0.4, 0.5) is 11.6 Å². The highest BCUT2D eigenvalue weighted by atomic mass is 32.2. The van der Waals surface area contributed by atoms with Crippen LogP contribution in [0.1, 0.15) is 17.7 Å². The molecule has 1 N–H and O–H groups in total. The fraction of sp³-hybridized carbons (Fsp3) is 0.150. The average Bonchev–Trinajstić information content (AvgIpc) is 2.67. The van der Waals surface area contributed by atoms with Gasteiger partial charge < -0.3 is 15.3 Å². The minimum atomic E-state index is -3.93. The van der Waals surface area contributed by atoms with Crippen LogP contribution >= 0.6 is 0 Å². The van der Waals surface area contributed by atoms with E-state index < -0.39 is 10.0 Å². The molecule has 3 rings (SSSR count). The fourth-order valence-electron chi connectivity index (χ4n) is 2.48. The number of rotatable bonds is 7. The van der Waals surface area contributed by atoms with Crippen molar-refractivity contribution in [3.05, 3.63) is 82.8 Å². The van der Waals surface area contributed by atoms with Crippen LogP contribution in [0.3, 0.4) is 0 Å². The molecule has 2 aromatic carbocycles. The quantitative estimate of drug-likeness (QED) is 0.656. The Labute approximate surface area is 163 Å². The summed E-state index contributed by atoms with van der Waals surface area (Å²) in [6.07, 6.45) is 2.42. The number of sulfonamides is 1. The Morgan fingerprint density at radius 3 is 2.43 bits per heavy atom. The van der Waals surface area contributed by atoms with E-state index in [1.165, 1.54) is 30.5 Å². The fourth-order valence-corrected chi connectivity index (χ4v) is 3.36. The summed E-state index contributed by atoms with van der Waals surface area (Å²) in [7, 11) is -3.93. The van der Waals surface area contributed by atoms with Crippen LogP contribution in [0.15, 0.2) is 71.8 Å². The molecule has 3 aromatic rings. The van der Waals surface area contributed by atoms with Crippen molar-refractivity contribution in [2.45, 2.75) is 24.7 Å². The summed E-state index contributed by atoms with van der Waals surface area (Å²) in [5.74, 6) is -0.254. The molecule has 0 spiro atoms. The van der Waals surface area contributed by atoms with E-state index in [9.17, 15) is 13.2 Å². The number of amides is 1. The number of aromatic nitrogens is 2. The summed E-state index contributed by atoms with van der Waals surface area (Å²) in [4.78, 5) is 19.9. The lowest BCUT2D eigenvalue weighted by Crippen LogP contribution is -2.12. The van der Waals surface area contributed by atoms with Gasteiger partial charge in [-0.3, -0.25) is 9.52 Å². The van der Waals surface area contributed by atoms with Crippen LogP contribution < -0.4 is 5.32 Å². The third-order valence-electron chi connectivity index (χ3n) is 3.90. The van der Waals surface area contributed by atoms with Gasteiger partial charge in [0.1, 0.15) is 0 Å². The number of nitrogens with zero attached hydrogens (tertiary/aromatic N) is 3. The molecular formula is C20H19N4O3S-. The maximum absolute atomic E-state index is 12.4. The summed E-state index contributed by atoms with van der Waals surface area (Å²) < 4.78 is 28.4. The van der Waals surface area contributed by atoms with Crippen LogP contribution in [0.25, 0.3) is 4.72 Å². The van der Waals surface area contributed by atoms with E-state index in [1.54, 1.807) is 13.0 Å². The molecule has 1 aromatic heterocycles. The number of anilines is 1. The van der Waals surface area contributed by atoms with E-state index in [-0.39, 0.29) is 16.8 Å². The van der Waals surface area contributed by atoms with Crippen molar-refractivity contribution in [3.8, 4) is 0 Å². The van der Waals surface area contributed by atoms with Gasteiger partial charge in [0.25, 0.3) is 0 Å². The van der Waals surface area contributed by atoms with Crippen LogP contribution in [-0.2, 0) is 21.2 Å². The lowest BCUT2D eigenvalue weighted by atomic mass is 10.1. The first-order chi connectivity index (χ1) is 13.4. The Hall–Kier alpha value is -3.26. The van der Waals surface area contributed by atoms with E-state index in [1.807, 2.05) is 30.3 Å². The second-order valence-corrected chi connectivity index (χ2v) is 7.73. The minimum absolute atomic E-state index is 0.000101. The van der Waals surface area contributed by atoms with Crippen molar-refractivity contribution in [1.29, 1.82) is 0 Å². The van der Waals surface area contributed by atoms with E-state index in [0.717, 1.165) is 5.56 Å². The number of aryl methyl sites for hydroxylation is 2. The predicted molar refractivity (Wildman–Crippen MR) is 107 cm³/mol. The van der Waals surface area contributed by atoms with E-state index in [4.69, 9.17) is 0 Å². The molecule has 0 fully saturated rings. The van der Waals surface area contributed by atoms with Gasteiger partial charge in [-0.25, -0.2) is 8.42 Å². The summed E-state index contributed by atoms with van der Waals surface area (Å²) in [6.45, 7) is 1.72. The molecule has 0 radical (unpaired) electrons. The topological polar surface area (TPSA) is 103 Å². The summed E-state index contributed by atoms with van der Waals surface area (Å²) in [5.41, 5.74) is 2.22. The van der Waals surface area contributed by atoms with Crippen molar-refractivity contribution in [2.24, 2.45) is 0 Å². The minimum Gasteiger partial charge on any atom is -0.366 e. The zero-order valence-electron chi connectivity index (χ0n) is 15.2. The van der Waals surface area contributed by atoms with Gasteiger partial charge in [0.2, 0.25) is 15.9 Å². The first-order valence-corrected chi connectivity index (χ1v) is 10.1. The molecule has 1 amide bonds. The third kappa shape index (κ3) is 5.37. The number of hydrogen-bond acceptors (Lipinski definition) is 5.